The minimum Gasteiger partial charge on any atom is -0.294 e. The highest BCUT2D eigenvalue weighted by atomic mass is 16.1. The zero-order chi connectivity index (χ0) is 6.69. The van der Waals surface area contributed by atoms with Gasteiger partial charge in [-0.25, -0.2) is 0 Å². The molecule has 0 fully saturated rings. The fourth-order valence-corrected chi connectivity index (χ4v) is 0.806. The van der Waals surface area contributed by atoms with E-state index in [0.717, 1.165) is 0 Å². The molecule has 1 aliphatic rings. The van der Waals surface area contributed by atoms with Crippen LogP contribution in [0.3, 0.4) is 0 Å². The summed E-state index contributed by atoms with van der Waals surface area (Å²) >= 11 is 0. The van der Waals surface area contributed by atoms with Gasteiger partial charge >= 0.3 is 0 Å². The molecule has 47 valence electrons. The number of rotatable bonds is 1. The lowest BCUT2D eigenvalue weighted by atomic mass is 9.97. The Bertz CT molecular complexity index is 165. The minimum atomic E-state index is 0.0370. The molecule has 0 bridgehead atoms. The molecule has 1 aliphatic carbocycles. The number of hydrogen-bond donors (Lipinski definition) is 0. The summed E-state index contributed by atoms with van der Waals surface area (Å²) in [5, 5.41) is 0. The monoisotopic (exact) mass is 121 g/mol. The van der Waals surface area contributed by atoms with Gasteiger partial charge in [-0.1, -0.05) is 25.2 Å². The predicted octanol–water partition coefficient (Wildman–Crippen LogP) is 1.52. The van der Waals surface area contributed by atoms with Crippen molar-refractivity contribution in [2.75, 3.05) is 0 Å². The quantitative estimate of drug-likeness (QED) is 0.514. The van der Waals surface area contributed by atoms with Gasteiger partial charge in [0.2, 0.25) is 0 Å². The number of allylic oxidation sites excluding steroid dienone is 4. The van der Waals surface area contributed by atoms with Gasteiger partial charge in [0.25, 0.3) is 0 Å². The SMILES string of the molecule is [CH2]CC1C=CC=CC1=O. The van der Waals surface area contributed by atoms with Crippen molar-refractivity contribution in [3.63, 3.8) is 0 Å². The van der Waals surface area contributed by atoms with Crippen LogP contribution >= 0.6 is 0 Å². The van der Waals surface area contributed by atoms with Crippen LogP contribution in [0.1, 0.15) is 6.42 Å². The van der Waals surface area contributed by atoms with Crippen molar-refractivity contribution in [2.24, 2.45) is 5.92 Å². The van der Waals surface area contributed by atoms with E-state index >= 15 is 0 Å². The standard InChI is InChI=1S/C8H9O/c1-2-7-5-3-4-6-8(7)9/h3-7H,1-2H2. The van der Waals surface area contributed by atoms with Crippen LogP contribution < -0.4 is 0 Å². The molecular formula is C8H9O. The lowest BCUT2D eigenvalue weighted by Crippen LogP contribution is -2.09. The van der Waals surface area contributed by atoms with Crippen LogP contribution in [0.25, 0.3) is 0 Å². The maximum atomic E-state index is 10.8. The molecule has 0 aromatic heterocycles. The molecule has 0 amide bonds. The van der Waals surface area contributed by atoms with Crippen LogP contribution in [0, 0.1) is 12.8 Å². The van der Waals surface area contributed by atoms with Crippen LogP contribution in [-0.4, -0.2) is 5.78 Å². The largest absolute Gasteiger partial charge is 0.294 e. The van der Waals surface area contributed by atoms with E-state index in [-0.39, 0.29) is 11.7 Å². The maximum absolute atomic E-state index is 10.8. The zero-order valence-corrected chi connectivity index (χ0v) is 5.21. The molecular weight excluding hydrogens is 112 g/mol. The topological polar surface area (TPSA) is 17.1 Å². The molecule has 1 radical (unpaired) electrons. The molecule has 9 heavy (non-hydrogen) atoms. The van der Waals surface area contributed by atoms with E-state index in [1.54, 1.807) is 12.2 Å². The first kappa shape index (κ1) is 6.27. The zero-order valence-electron chi connectivity index (χ0n) is 5.21. The third-order valence-corrected chi connectivity index (χ3v) is 1.39. The van der Waals surface area contributed by atoms with E-state index in [4.69, 9.17) is 0 Å². The van der Waals surface area contributed by atoms with Crippen LogP contribution in [0.4, 0.5) is 0 Å². The molecule has 1 unspecified atom stereocenters. The van der Waals surface area contributed by atoms with Crippen molar-refractivity contribution in [2.45, 2.75) is 6.42 Å². The Balaban J connectivity index is 2.66. The Morgan fingerprint density at radius 3 is 2.78 bits per heavy atom. The van der Waals surface area contributed by atoms with Gasteiger partial charge in [-0.05, 0) is 12.5 Å². The lowest BCUT2D eigenvalue weighted by molar-refractivity contribution is -0.116. The highest BCUT2D eigenvalue weighted by Crippen LogP contribution is 2.10. The highest BCUT2D eigenvalue weighted by Gasteiger charge is 2.10. The molecule has 1 nitrogen and oxygen atoms in total. The Hall–Kier alpha value is -0.850. The third kappa shape index (κ3) is 1.28. The average Bonchev–Trinajstić information content (AvgIpc) is 1.89. The van der Waals surface area contributed by atoms with E-state index < -0.39 is 0 Å². The molecule has 0 aliphatic heterocycles. The third-order valence-electron chi connectivity index (χ3n) is 1.39. The van der Waals surface area contributed by atoms with E-state index in [2.05, 4.69) is 6.92 Å². The van der Waals surface area contributed by atoms with Crippen molar-refractivity contribution in [1.82, 2.24) is 0 Å². The summed E-state index contributed by atoms with van der Waals surface area (Å²) in [5.74, 6) is 0.211. The number of carbonyl (C=O) groups is 1. The summed E-state index contributed by atoms with van der Waals surface area (Å²) in [4.78, 5) is 10.8. The van der Waals surface area contributed by atoms with Gasteiger partial charge in [0.05, 0.1) is 0 Å². The van der Waals surface area contributed by atoms with E-state index in [1.807, 2.05) is 12.2 Å². The Kier molecular flexibility index (Phi) is 1.83. The Labute approximate surface area is 55.1 Å². The second-order valence-corrected chi connectivity index (χ2v) is 2.04. The first-order valence-electron chi connectivity index (χ1n) is 3.02. The summed E-state index contributed by atoms with van der Waals surface area (Å²) in [6.45, 7) is 3.65. The molecule has 1 rings (SSSR count). The molecule has 0 saturated carbocycles. The van der Waals surface area contributed by atoms with Crippen molar-refractivity contribution in [3.05, 3.63) is 31.2 Å². The molecule has 0 heterocycles. The Morgan fingerprint density at radius 2 is 2.33 bits per heavy atom. The second kappa shape index (κ2) is 2.62. The number of hydrogen-bond acceptors (Lipinski definition) is 1. The van der Waals surface area contributed by atoms with Crippen LogP contribution in [0.15, 0.2) is 24.3 Å². The number of carbonyl (C=O) groups excluding carboxylic acids is 1. The van der Waals surface area contributed by atoms with Gasteiger partial charge in [-0.2, -0.15) is 0 Å². The molecule has 0 saturated heterocycles. The smallest absolute Gasteiger partial charge is 0.162 e. The molecule has 0 spiro atoms. The molecule has 0 aromatic carbocycles. The van der Waals surface area contributed by atoms with Crippen molar-refractivity contribution >= 4 is 5.78 Å². The molecule has 0 N–H and O–H groups in total. The van der Waals surface area contributed by atoms with Gasteiger partial charge in [0, 0.05) is 5.92 Å². The van der Waals surface area contributed by atoms with Gasteiger partial charge in [0.15, 0.2) is 5.78 Å². The van der Waals surface area contributed by atoms with Crippen LogP contribution in [-0.2, 0) is 4.79 Å². The van der Waals surface area contributed by atoms with Gasteiger partial charge < -0.3 is 0 Å². The maximum Gasteiger partial charge on any atom is 0.162 e. The normalized spacial score (nSPS) is 25.0. The molecule has 0 aromatic rings. The summed E-state index contributed by atoms with van der Waals surface area (Å²) in [6.07, 6.45) is 7.79. The van der Waals surface area contributed by atoms with E-state index in [0.29, 0.717) is 6.42 Å². The average molecular weight is 121 g/mol. The van der Waals surface area contributed by atoms with Gasteiger partial charge in [-0.15, -0.1) is 0 Å². The highest BCUT2D eigenvalue weighted by molar-refractivity contribution is 5.94. The van der Waals surface area contributed by atoms with Crippen LogP contribution in [0.2, 0.25) is 0 Å². The van der Waals surface area contributed by atoms with E-state index in [1.165, 1.54) is 0 Å². The lowest BCUT2D eigenvalue weighted by Gasteiger charge is -2.06. The second-order valence-electron chi connectivity index (χ2n) is 2.04. The van der Waals surface area contributed by atoms with Crippen molar-refractivity contribution < 1.29 is 4.79 Å². The molecule has 1 atom stereocenters. The van der Waals surface area contributed by atoms with Crippen LogP contribution in [0.5, 0.6) is 0 Å². The summed E-state index contributed by atoms with van der Waals surface area (Å²) in [6, 6.07) is 0. The minimum absolute atomic E-state index is 0.0370. The predicted molar refractivity (Wildman–Crippen MR) is 36.8 cm³/mol. The summed E-state index contributed by atoms with van der Waals surface area (Å²) in [7, 11) is 0. The van der Waals surface area contributed by atoms with Crippen molar-refractivity contribution in [3.8, 4) is 0 Å². The fraction of sp³-hybridized carbons (Fsp3) is 0.250. The fourth-order valence-electron chi connectivity index (χ4n) is 0.806. The Morgan fingerprint density at radius 1 is 1.56 bits per heavy atom. The molecule has 1 heteroatoms. The number of ketones is 1. The first-order valence-corrected chi connectivity index (χ1v) is 3.02. The van der Waals surface area contributed by atoms with E-state index in [9.17, 15) is 4.79 Å². The first-order chi connectivity index (χ1) is 4.34. The summed E-state index contributed by atoms with van der Waals surface area (Å²) < 4.78 is 0. The van der Waals surface area contributed by atoms with Crippen molar-refractivity contribution in [1.29, 1.82) is 0 Å². The summed E-state index contributed by atoms with van der Waals surface area (Å²) in [5.41, 5.74) is 0. The van der Waals surface area contributed by atoms with Gasteiger partial charge in [0.1, 0.15) is 0 Å². The van der Waals surface area contributed by atoms with Gasteiger partial charge in [-0.3, -0.25) is 4.79 Å².